The van der Waals surface area contributed by atoms with Crippen molar-refractivity contribution in [2.24, 2.45) is 0 Å². The van der Waals surface area contributed by atoms with Crippen LogP contribution in [0.25, 0.3) is 0 Å². The van der Waals surface area contributed by atoms with Crippen LogP contribution in [-0.4, -0.2) is 24.2 Å². The summed E-state index contributed by atoms with van der Waals surface area (Å²) in [7, 11) is 0. The largest absolute Gasteiger partial charge is 0.486 e. The summed E-state index contributed by atoms with van der Waals surface area (Å²) in [5.74, 6) is 0.204. The number of hydrogen-bond donors (Lipinski definition) is 1. The highest BCUT2D eigenvalue weighted by molar-refractivity contribution is 6.27. The fourth-order valence-corrected chi connectivity index (χ4v) is 1.12. The van der Waals surface area contributed by atoms with Crippen LogP contribution in [0.3, 0.4) is 0 Å². The number of halogens is 1. The first-order valence-corrected chi connectivity index (χ1v) is 5.23. The van der Waals surface area contributed by atoms with Crippen LogP contribution in [-0.2, 0) is 9.59 Å². The van der Waals surface area contributed by atoms with Crippen molar-refractivity contribution in [2.75, 3.05) is 17.8 Å². The van der Waals surface area contributed by atoms with Gasteiger partial charge in [0.05, 0.1) is 5.88 Å². The van der Waals surface area contributed by atoms with Gasteiger partial charge in [0, 0.05) is 12.6 Å². The minimum atomic E-state index is -0.174. The van der Waals surface area contributed by atoms with Gasteiger partial charge in [0.25, 0.3) is 0 Å². The third-order valence-corrected chi connectivity index (χ3v) is 2.02. The molecule has 0 saturated heterocycles. The smallest absolute Gasteiger partial charge is 0.221 e. The number of Topliss-reactive ketones (excluding diaryl/α,β-unsaturated/α-hetero) is 1. The van der Waals surface area contributed by atoms with Crippen LogP contribution >= 0.6 is 11.6 Å². The van der Waals surface area contributed by atoms with Crippen molar-refractivity contribution >= 4 is 29.0 Å². The molecule has 1 amide bonds. The molecule has 1 N–H and O–H groups in total. The molecule has 0 aliphatic heterocycles. The van der Waals surface area contributed by atoms with E-state index in [0.29, 0.717) is 11.4 Å². The Labute approximate surface area is 98.5 Å². The third kappa shape index (κ3) is 4.31. The van der Waals surface area contributed by atoms with Gasteiger partial charge in [0.2, 0.25) is 5.91 Å². The third-order valence-electron chi connectivity index (χ3n) is 1.72. The van der Waals surface area contributed by atoms with Gasteiger partial charge in [0.15, 0.2) is 5.78 Å². The molecule has 16 heavy (non-hydrogen) atoms. The summed E-state index contributed by atoms with van der Waals surface area (Å²) in [6.45, 7) is 1.40. The Morgan fingerprint density at radius 1 is 1.31 bits per heavy atom. The molecular weight excluding hydrogens is 230 g/mol. The van der Waals surface area contributed by atoms with E-state index in [0.717, 1.165) is 0 Å². The van der Waals surface area contributed by atoms with E-state index in [9.17, 15) is 9.59 Å². The van der Waals surface area contributed by atoms with Crippen molar-refractivity contribution in [2.45, 2.75) is 6.92 Å². The first-order valence-electron chi connectivity index (χ1n) is 4.70. The van der Waals surface area contributed by atoms with Gasteiger partial charge in [-0.25, -0.2) is 0 Å². The Hall–Kier alpha value is -1.55. The molecule has 0 aliphatic carbocycles. The molecule has 5 heteroatoms. The fourth-order valence-electron chi connectivity index (χ4n) is 1.04. The normalized spacial score (nSPS) is 9.62. The molecule has 1 aromatic carbocycles. The molecule has 1 rings (SSSR count). The number of amides is 1. The Bertz CT molecular complexity index is 375. The summed E-state index contributed by atoms with van der Waals surface area (Å²) < 4.78 is 5.17. The van der Waals surface area contributed by atoms with E-state index in [4.69, 9.17) is 16.3 Å². The maximum absolute atomic E-state index is 10.9. The van der Waals surface area contributed by atoms with Gasteiger partial charge in [-0.1, -0.05) is 0 Å². The topological polar surface area (TPSA) is 55.4 Å². The lowest BCUT2D eigenvalue weighted by Crippen LogP contribution is -2.12. The lowest BCUT2D eigenvalue weighted by Gasteiger charge is -2.06. The van der Waals surface area contributed by atoms with E-state index in [2.05, 4.69) is 5.32 Å². The zero-order valence-electron chi connectivity index (χ0n) is 8.83. The second-order valence-electron chi connectivity index (χ2n) is 3.17. The second kappa shape index (κ2) is 6.12. The highest BCUT2D eigenvalue weighted by Gasteiger charge is 2.01. The van der Waals surface area contributed by atoms with E-state index in [1.807, 2.05) is 0 Å². The lowest BCUT2D eigenvalue weighted by molar-refractivity contribution is -0.118. The molecule has 0 radical (unpaired) electrons. The van der Waals surface area contributed by atoms with Crippen molar-refractivity contribution < 1.29 is 14.3 Å². The van der Waals surface area contributed by atoms with Gasteiger partial charge in [-0.15, -0.1) is 11.6 Å². The Morgan fingerprint density at radius 3 is 2.44 bits per heavy atom. The summed E-state index contributed by atoms with van der Waals surface area (Å²) in [6.07, 6.45) is 0. The molecule has 0 heterocycles. The minimum absolute atomic E-state index is 0.0387. The van der Waals surface area contributed by atoms with Crippen LogP contribution in [0, 0.1) is 0 Å². The number of carbonyl (C=O) groups excluding carboxylic acids is 2. The second-order valence-corrected chi connectivity index (χ2v) is 3.43. The molecule has 1 aromatic rings. The molecule has 0 spiro atoms. The van der Waals surface area contributed by atoms with Crippen molar-refractivity contribution in [3.05, 3.63) is 24.3 Å². The molecule has 0 unspecified atom stereocenters. The maximum atomic E-state index is 10.9. The monoisotopic (exact) mass is 241 g/mol. The van der Waals surface area contributed by atoms with Gasteiger partial charge in [-0.05, 0) is 24.3 Å². The maximum Gasteiger partial charge on any atom is 0.221 e. The number of anilines is 1. The van der Waals surface area contributed by atoms with Crippen LogP contribution in [0.2, 0.25) is 0 Å². The molecular formula is C11H12ClNO3. The number of nitrogens with one attached hydrogen (secondary N) is 1. The van der Waals surface area contributed by atoms with E-state index >= 15 is 0 Å². The first-order chi connectivity index (χ1) is 7.61. The van der Waals surface area contributed by atoms with Gasteiger partial charge >= 0.3 is 0 Å². The van der Waals surface area contributed by atoms with E-state index in [1.165, 1.54) is 6.92 Å². The summed E-state index contributed by atoms with van der Waals surface area (Å²) >= 11 is 5.32. The van der Waals surface area contributed by atoms with Crippen LogP contribution < -0.4 is 10.1 Å². The minimum Gasteiger partial charge on any atom is -0.486 e. The molecule has 4 nitrogen and oxygen atoms in total. The van der Waals surface area contributed by atoms with Crippen molar-refractivity contribution in [1.82, 2.24) is 0 Å². The van der Waals surface area contributed by atoms with Gasteiger partial charge in [-0.2, -0.15) is 0 Å². The average molecular weight is 242 g/mol. The number of ether oxygens (including phenoxy) is 1. The number of alkyl halides is 1. The zero-order chi connectivity index (χ0) is 12.0. The Kier molecular flexibility index (Phi) is 4.79. The molecule has 0 bridgehead atoms. The predicted molar refractivity (Wildman–Crippen MR) is 62.0 cm³/mol. The number of carbonyl (C=O) groups is 2. The highest BCUT2D eigenvalue weighted by atomic mass is 35.5. The van der Waals surface area contributed by atoms with Gasteiger partial charge in [-0.3, -0.25) is 9.59 Å². The molecule has 86 valence electrons. The van der Waals surface area contributed by atoms with Gasteiger partial charge in [0.1, 0.15) is 12.4 Å². The number of rotatable bonds is 5. The molecule has 0 saturated carbocycles. The van der Waals surface area contributed by atoms with Crippen LogP contribution in [0.1, 0.15) is 6.92 Å². The quantitative estimate of drug-likeness (QED) is 0.801. The summed E-state index contributed by atoms with van der Waals surface area (Å²) in [6, 6.07) is 6.74. The Balaban J connectivity index is 2.51. The number of ketones is 1. The number of benzene rings is 1. The van der Waals surface area contributed by atoms with Crippen molar-refractivity contribution in [3.8, 4) is 5.75 Å². The Morgan fingerprint density at radius 2 is 1.94 bits per heavy atom. The zero-order valence-corrected chi connectivity index (χ0v) is 9.58. The highest BCUT2D eigenvalue weighted by Crippen LogP contribution is 2.15. The molecule has 0 aliphatic rings. The van der Waals surface area contributed by atoms with Crippen molar-refractivity contribution in [3.63, 3.8) is 0 Å². The summed E-state index contributed by atoms with van der Waals surface area (Å²) in [4.78, 5) is 21.6. The van der Waals surface area contributed by atoms with Gasteiger partial charge < -0.3 is 10.1 Å². The van der Waals surface area contributed by atoms with Crippen LogP contribution in [0.5, 0.6) is 5.75 Å². The fraction of sp³-hybridized carbons (Fsp3) is 0.273. The van der Waals surface area contributed by atoms with E-state index < -0.39 is 0 Å². The number of hydrogen-bond acceptors (Lipinski definition) is 3. The van der Waals surface area contributed by atoms with E-state index in [1.54, 1.807) is 24.3 Å². The standard InChI is InChI=1S/C11H12ClNO3/c1-8(14)13-9-2-4-11(5-3-9)16-7-10(15)6-12/h2-5H,6-7H2,1H3,(H,13,14). The van der Waals surface area contributed by atoms with Crippen molar-refractivity contribution in [1.29, 1.82) is 0 Å². The molecule has 0 aromatic heterocycles. The first kappa shape index (κ1) is 12.5. The lowest BCUT2D eigenvalue weighted by atomic mass is 10.3. The predicted octanol–water partition coefficient (Wildman–Crippen LogP) is 1.83. The molecule has 0 atom stereocenters. The van der Waals surface area contributed by atoms with Crippen LogP contribution in [0.4, 0.5) is 5.69 Å². The van der Waals surface area contributed by atoms with E-state index in [-0.39, 0.29) is 24.2 Å². The van der Waals surface area contributed by atoms with Crippen LogP contribution in [0.15, 0.2) is 24.3 Å². The summed E-state index contributed by atoms with van der Waals surface area (Å²) in [5.41, 5.74) is 0.684. The average Bonchev–Trinajstić information content (AvgIpc) is 2.27. The molecule has 0 fully saturated rings. The summed E-state index contributed by atoms with van der Waals surface area (Å²) in [5, 5.41) is 2.63. The SMILES string of the molecule is CC(=O)Nc1ccc(OCC(=O)CCl)cc1.